The zero-order chi connectivity index (χ0) is 22.1. The maximum absolute atomic E-state index is 12.5. The minimum atomic E-state index is -4.55. The number of hydrogen-bond donors (Lipinski definition) is 3. The van der Waals surface area contributed by atoms with Gasteiger partial charge in [0.1, 0.15) is 10.6 Å². The molecule has 0 aliphatic heterocycles. The van der Waals surface area contributed by atoms with Crippen LogP contribution in [0.4, 0.5) is 5.69 Å². The number of benzene rings is 3. The predicted molar refractivity (Wildman–Crippen MR) is 111 cm³/mol. The number of carbonyl (C=O) groups is 1. The van der Waals surface area contributed by atoms with Gasteiger partial charge in [-0.3, -0.25) is 9.35 Å². The molecule has 3 aromatic carbocycles. The number of amides is 1. The number of rotatable bonds is 6. The molecule has 0 fully saturated rings. The van der Waals surface area contributed by atoms with Gasteiger partial charge in [-0.05, 0) is 41.8 Å². The lowest BCUT2D eigenvalue weighted by atomic mass is 10.1. The van der Waals surface area contributed by atoms with Gasteiger partial charge < -0.3 is 10.4 Å². The van der Waals surface area contributed by atoms with Crippen LogP contribution in [0.25, 0.3) is 10.8 Å². The average Bonchev–Trinajstić information content (AvgIpc) is 2.67. The second-order valence-corrected chi connectivity index (χ2v) is 10.1. The number of anilines is 1. The standard InChI is InChI=1S/C19H15ClNO7S2/c20-6-7-29(24,25)15-3-1-2-13(9-15)19(23)21-14-5-4-12-8-16(30(26,27)28)11-18(22)17(12)10-14/h1-5,8-10,22H,6-7H2,(H,21,23)(H,26,27,28). The third-order valence-corrected chi connectivity index (χ3v) is 7.08. The Morgan fingerprint density at radius 3 is 2.47 bits per heavy atom. The van der Waals surface area contributed by atoms with E-state index in [4.69, 9.17) is 16.2 Å². The zero-order valence-corrected chi connectivity index (χ0v) is 17.6. The van der Waals surface area contributed by atoms with E-state index in [2.05, 4.69) is 11.4 Å². The Bertz CT molecular complexity index is 1350. The predicted octanol–water partition coefficient (Wildman–Crippen LogP) is 2.86. The molecule has 0 aliphatic carbocycles. The van der Waals surface area contributed by atoms with E-state index in [-0.39, 0.29) is 33.2 Å². The second kappa shape index (κ2) is 8.23. The van der Waals surface area contributed by atoms with Crippen LogP contribution in [-0.2, 0) is 20.0 Å². The van der Waals surface area contributed by atoms with E-state index in [1.807, 2.05) is 0 Å². The lowest BCUT2D eigenvalue weighted by molar-refractivity contribution is 0.102. The summed E-state index contributed by atoms with van der Waals surface area (Å²) in [5.41, 5.74) is 0.369. The minimum Gasteiger partial charge on any atom is -0.507 e. The Labute approximate surface area is 177 Å². The Morgan fingerprint density at radius 1 is 1.07 bits per heavy atom. The Balaban J connectivity index is 1.91. The van der Waals surface area contributed by atoms with Gasteiger partial charge in [0.25, 0.3) is 16.0 Å². The molecule has 0 bridgehead atoms. The summed E-state index contributed by atoms with van der Waals surface area (Å²) >= 11 is 5.51. The fourth-order valence-electron chi connectivity index (χ4n) is 2.72. The summed E-state index contributed by atoms with van der Waals surface area (Å²) in [5, 5.41) is 13.1. The summed E-state index contributed by atoms with van der Waals surface area (Å²) in [4.78, 5) is 11.9. The fourth-order valence-corrected chi connectivity index (χ4v) is 4.86. The molecule has 0 aliphatic rings. The quantitative estimate of drug-likeness (QED) is 0.373. The molecular formula is C19H15ClNO7S2. The van der Waals surface area contributed by atoms with Gasteiger partial charge in [-0.25, -0.2) is 8.42 Å². The van der Waals surface area contributed by atoms with Crippen molar-refractivity contribution >= 4 is 53.9 Å². The number of sulfone groups is 1. The van der Waals surface area contributed by atoms with E-state index in [9.17, 15) is 26.7 Å². The first kappa shape index (κ1) is 22.0. The Morgan fingerprint density at radius 2 is 1.80 bits per heavy atom. The van der Waals surface area contributed by atoms with Gasteiger partial charge in [-0.15, -0.1) is 11.6 Å². The number of fused-ring (bicyclic) bond motifs is 1. The summed E-state index contributed by atoms with van der Waals surface area (Å²) in [7, 11) is -8.15. The van der Waals surface area contributed by atoms with Crippen molar-refractivity contribution < 1.29 is 31.3 Å². The monoisotopic (exact) mass is 468 g/mol. The second-order valence-electron chi connectivity index (χ2n) is 6.25. The van der Waals surface area contributed by atoms with Crippen molar-refractivity contribution in [3.63, 3.8) is 0 Å². The summed E-state index contributed by atoms with van der Waals surface area (Å²) in [6.45, 7) is 0. The number of carbonyl (C=O) groups excluding carboxylic acids is 1. The number of nitrogens with one attached hydrogen (secondary N) is 1. The van der Waals surface area contributed by atoms with Crippen LogP contribution in [0.3, 0.4) is 0 Å². The van der Waals surface area contributed by atoms with Gasteiger partial charge in [0.2, 0.25) is 0 Å². The SMILES string of the molecule is O=C(Nc1ccc2cc(S(=O)(=O)O)[c]c(O)c2c1)c1cccc(S(=O)(=O)CCCl)c1. The van der Waals surface area contributed by atoms with Gasteiger partial charge >= 0.3 is 0 Å². The van der Waals surface area contributed by atoms with Crippen molar-refractivity contribution in [2.75, 3.05) is 16.9 Å². The van der Waals surface area contributed by atoms with E-state index in [1.54, 1.807) is 0 Å². The van der Waals surface area contributed by atoms with E-state index < -0.39 is 36.5 Å². The highest BCUT2D eigenvalue weighted by molar-refractivity contribution is 7.91. The van der Waals surface area contributed by atoms with Crippen LogP contribution in [0.1, 0.15) is 10.4 Å². The summed E-state index contributed by atoms with van der Waals surface area (Å²) < 4.78 is 55.9. The molecule has 30 heavy (non-hydrogen) atoms. The molecule has 1 amide bonds. The fraction of sp³-hybridized carbons (Fsp3) is 0.105. The molecule has 3 N–H and O–H groups in total. The van der Waals surface area contributed by atoms with Crippen molar-refractivity contribution in [1.82, 2.24) is 0 Å². The van der Waals surface area contributed by atoms with Crippen molar-refractivity contribution in [1.29, 1.82) is 0 Å². The summed E-state index contributed by atoms with van der Waals surface area (Å²) in [6.07, 6.45) is 0. The number of aromatic hydroxyl groups is 1. The highest BCUT2D eigenvalue weighted by atomic mass is 35.5. The highest BCUT2D eigenvalue weighted by Crippen LogP contribution is 2.30. The normalized spacial score (nSPS) is 12.1. The lowest BCUT2D eigenvalue weighted by Gasteiger charge is -2.10. The highest BCUT2D eigenvalue weighted by Gasteiger charge is 2.17. The number of phenolic OH excluding ortho intramolecular Hbond substituents is 1. The molecule has 0 saturated carbocycles. The van der Waals surface area contributed by atoms with Crippen LogP contribution in [0.5, 0.6) is 5.75 Å². The summed E-state index contributed by atoms with van der Waals surface area (Å²) in [6, 6.07) is 13.1. The van der Waals surface area contributed by atoms with Crippen LogP contribution in [0.15, 0.2) is 58.3 Å². The molecule has 0 aromatic heterocycles. The van der Waals surface area contributed by atoms with Gasteiger partial charge in [0, 0.05) is 22.5 Å². The molecule has 8 nitrogen and oxygen atoms in total. The molecule has 3 aromatic rings. The van der Waals surface area contributed by atoms with Crippen LogP contribution in [0, 0.1) is 6.07 Å². The van der Waals surface area contributed by atoms with Gasteiger partial charge in [-0.2, -0.15) is 8.42 Å². The maximum atomic E-state index is 12.5. The topological polar surface area (TPSA) is 138 Å². The van der Waals surface area contributed by atoms with E-state index in [0.29, 0.717) is 5.39 Å². The smallest absolute Gasteiger partial charge is 0.295 e. The first-order valence-corrected chi connectivity index (χ1v) is 12.0. The van der Waals surface area contributed by atoms with Crippen molar-refractivity contribution in [2.45, 2.75) is 9.79 Å². The molecular weight excluding hydrogens is 454 g/mol. The average molecular weight is 469 g/mol. The third-order valence-electron chi connectivity index (χ3n) is 4.17. The van der Waals surface area contributed by atoms with Crippen molar-refractivity contribution in [2.24, 2.45) is 0 Å². The molecule has 11 heteroatoms. The van der Waals surface area contributed by atoms with Gasteiger partial charge in [0.15, 0.2) is 9.84 Å². The Kier molecular flexibility index (Phi) is 6.04. The zero-order valence-electron chi connectivity index (χ0n) is 15.2. The number of phenols is 1. The third kappa shape index (κ3) is 4.73. The molecule has 157 valence electrons. The molecule has 3 rings (SSSR count). The molecule has 0 unspecified atom stereocenters. The van der Waals surface area contributed by atoms with Crippen molar-refractivity contribution in [3.8, 4) is 5.75 Å². The number of hydrogen-bond acceptors (Lipinski definition) is 6. The first-order chi connectivity index (χ1) is 14.0. The molecule has 0 heterocycles. The van der Waals surface area contributed by atoms with Crippen LogP contribution >= 0.6 is 11.6 Å². The minimum absolute atomic E-state index is 0.0284. The Hall–Kier alpha value is -2.66. The largest absolute Gasteiger partial charge is 0.507 e. The molecule has 0 saturated heterocycles. The van der Waals surface area contributed by atoms with E-state index in [1.165, 1.54) is 42.5 Å². The van der Waals surface area contributed by atoms with Crippen LogP contribution < -0.4 is 5.32 Å². The lowest BCUT2D eigenvalue weighted by Crippen LogP contribution is -2.14. The first-order valence-electron chi connectivity index (χ1n) is 8.38. The molecule has 1 radical (unpaired) electrons. The summed E-state index contributed by atoms with van der Waals surface area (Å²) in [5.74, 6) is -1.44. The van der Waals surface area contributed by atoms with Crippen LogP contribution in [0.2, 0.25) is 0 Å². The number of halogens is 1. The van der Waals surface area contributed by atoms with Gasteiger partial charge in [0.05, 0.1) is 16.7 Å². The van der Waals surface area contributed by atoms with E-state index >= 15 is 0 Å². The molecule has 0 atom stereocenters. The number of alkyl halides is 1. The van der Waals surface area contributed by atoms with Gasteiger partial charge in [-0.1, -0.05) is 12.1 Å². The van der Waals surface area contributed by atoms with Crippen LogP contribution in [-0.4, -0.2) is 44.0 Å². The molecule has 0 spiro atoms. The van der Waals surface area contributed by atoms with Crippen molar-refractivity contribution in [3.05, 3.63) is 60.2 Å². The van der Waals surface area contributed by atoms with E-state index in [0.717, 1.165) is 6.07 Å². The maximum Gasteiger partial charge on any atom is 0.295 e.